The van der Waals surface area contributed by atoms with E-state index in [-0.39, 0.29) is 0 Å². The molecule has 0 aromatic carbocycles. The van der Waals surface area contributed by atoms with Gasteiger partial charge in [-0.25, -0.2) is 0 Å². The summed E-state index contributed by atoms with van der Waals surface area (Å²) in [7, 11) is 1.86. The van der Waals surface area contributed by atoms with E-state index < -0.39 is 0 Å². The lowest BCUT2D eigenvalue weighted by Gasteiger charge is -2.27. The third-order valence-corrected chi connectivity index (χ3v) is 4.84. The van der Waals surface area contributed by atoms with Crippen LogP contribution in [0.2, 0.25) is 0 Å². The van der Waals surface area contributed by atoms with Gasteiger partial charge in [-0.3, -0.25) is 9.89 Å². The molecule has 2 heterocycles. The van der Waals surface area contributed by atoms with Crippen LogP contribution in [-0.4, -0.2) is 66.7 Å². The zero-order valence-corrected chi connectivity index (χ0v) is 15.2. The Bertz CT molecular complexity index is 502. The van der Waals surface area contributed by atoms with Crippen molar-refractivity contribution in [1.82, 2.24) is 20.3 Å². The summed E-state index contributed by atoms with van der Waals surface area (Å²) in [6, 6.07) is 0.645. The van der Waals surface area contributed by atoms with E-state index >= 15 is 0 Å². The van der Waals surface area contributed by atoms with Gasteiger partial charge in [-0.2, -0.15) is 0 Å². The zero-order chi connectivity index (χ0) is 16.8. The van der Waals surface area contributed by atoms with Crippen molar-refractivity contribution < 1.29 is 4.52 Å². The smallest absolute Gasteiger partial charge is 0.193 e. The molecule has 1 unspecified atom stereocenters. The van der Waals surface area contributed by atoms with Gasteiger partial charge >= 0.3 is 0 Å². The van der Waals surface area contributed by atoms with Crippen LogP contribution in [0, 0.1) is 13.8 Å². The summed E-state index contributed by atoms with van der Waals surface area (Å²) in [5.41, 5.74) is 2.19. The highest BCUT2D eigenvalue weighted by atomic mass is 16.5. The number of aromatic nitrogens is 1. The summed E-state index contributed by atoms with van der Waals surface area (Å²) in [6.07, 6.45) is 2.12. The first-order valence-corrected chi connectivity index (χ1v) is 8.72. The number of aliphatic imine (C=N–C) groups is 1. The Morgan fingerprint density at radius 2 is 2.13 bits per heavy atom. The molecule has 1 aliphatic heterocycles. The van der Waals surface area contributed by atoms with Crippen molar-refractivity contribution in [2.45, 2.75) is 46.6 Å². The molecule has 1 atom stereocenters. The topological polar surface area (TPSA) is 56.9 Å². The number of rotatable bonds is 6. The molecule has 130 valence electrons. The van der Waals surface area contributed by atoms with Crippen LogP contribution in [0.25, 0.3) is 0 Å². The average Bonchev–Trinajstić information content (AvgIpc) is 3.14. The van der Waals surface area contributed by atoms with Gasteiger partial charge in [-0.1, -0.05) is 19.0 Å². The number of nitrogens with zero attached hydrogens (tertiary/aromatic N) is 4. The molecule has 0 radical (unpaired) electrons. The van der Waals surface area contributed by atoms with Crippen LogP contribution >= 0.6 is 0 Å². The fourth-order valence-electron chi connectivity index (χ4n) is 3.46. The number of aryl methyl sites for hydroxylation is 2. The van der Waals surface area contributed by atoms with E-state index in [9.17, 15) is 0 Å². The number of guanidine groups is 1. The summed E-state index contributed by atoms with van der Waals surface area (Å²) in [5, 5.41) is 7.50. The molecular formula is C17H31N5O. The highest BCUT2D eigenvalue weighted by molar-refractivity contribution is 5.80. The van der Waals surface area contributed by atoms with Gasteiger partial charge in [0.2, 0.25) is 0 Å². The van der Waals surface area contributed by atoms with E-state index in [2.05, 4.69) is 39.1 Å². The van der Waals surface area contributed by atoms with Crippen LogP contribution in [0.4, 0.5) is 0 Å². The van der Waals surface area contributed by atoms with Crippen molar-refractivity contribution in [1.29, 1.82) is 0 Å². The Labute approximate surface area is 139 Å². The van der Waals surface area contributed by atoms with Crippen molar-refractivity contribution in [3.05, 3.63) is 17.0 Å². The average molecular weight is 321 g/mol. The minimum absolute atomic E-state index is 0.645. The third kappa shape index (κ3) is 4.25. The molecule has 6 heteroatoms. The molecule has 0 aliphatic carbocycles. The molecule has 1 fully saturated rings. The first-order valence-electron chi connectivity index (χ1n) is 8.72. The Kier molecular flexibility index (Phi) is 6.45. The minimum Gasteiger partial charge on any atom is -0.361 e. The lowest BCUT2D eigenvalue weighted by atomic mass is 10.1. The fourth-order valence-corrected chi connectivity index (χ4v) is 3.46. The maximum Gasteiger partial charge on any atom is 0.193 e. The molecule has 0 saturated carbocycles. The highest BCUT2D eigenvalue weighted by Gasteiger charge is 2.27. The van der Waals surface area contributed by atoms with E-state index in [0.29, 0.717) is 6.04 Å². The van der Waals surface area contributed by atoms with Gasteiger partial charge in [0, 0.05) is 38.3 Å². The van der Waals surface area contributed by atoms with Crippen LogP contribution in [-0.2, 0) is 6.42 Å². The van der Waals surface area contributed by atoms with Gasteiger partial charge in [0.05, 0.1) is 5.69 Å². The number of hydrogen-bond acceptors (Lipinski definition) is 4. The predicted molar refractivity (Wildman–Crippen MR) is 93.9 cm³/mol. The Balaban J connectivity index is 1.84. The van der Waals surface area contributed by atoms with Crippen LogP contribution in [0.5, 0.6) is 0 Å². The first kappa shape index (κ1) is 17.8. The lowest BCUT2D eigenvalue weighted by Crippen LogP contribution is -2.43. The largest absolute Gasteiger partial charge is 0.361 e. The minimum atomic E-state index is 0.645. The molecule has 1 N–H and O–H groups in total. The van der Waals surface area contributed by atoms with Gasteiger partial charge < -0.3 is 14.7 Å². The molecule has 1 aromatic rings. The van der Waals surface area contributed by atoms with Crippen molar-refractivity contribution in [2.24, 2.45) is 4.99 Å². The van der Waals surface area contributed by atoms with E-state index in [4.69, 9.17) is 4.52 Å². The lowest BCUT2D eigenvalue weighted by molar-refractivity contribution is 0.223. The van der Waals surface area contributed by atoms with Gasteiger partial charge in [-0.15, -0.1) is 0 Å². The van der Waals surface area contributed by atoms with Crippen molar-refractivity contribution >= 4 is 5.96 Å². The first-order chi connectivity index (χ1) is 11.1. The summed E-state index contributed by atoms with van der Waals surface area (Å²) in [4.78, 5) is 9.36. The van der Waals surface area contributed by atoms with Gasteiger partial charge in [-0.05, 0) is 39.8 Å². The van der Waals surface area contributed by atoms with Crippen LogP contribution in [0.15, 0.2) is 9.52 Å². The third-order valence-electron chi connectivity index (χ3n) is 4.84. The summed E-state index contributed by atoms with van der Waals surface area (Å²) < 4.78 is 5.22. The summed E-state index contributed by atoms with van der Waals surface area (Å²) in [6.45, 7) is 13.7. The van der Waals surface area contributed by atoms with Crippen LogP contribution < -0.4 is 5.32 Å². The quantitative estimate of drug-likeness (QED) is 0.640. The molecule has 1 aliphatic rings. The SMILES string of the molecule is CCN(CC)C1CCN(C(=NC)NCCc2c(C)noc2C)C1. The second kappa shape index (κ2) is 8.34. The molecule has 0 bridgehead atoms. The van der Waals surface area contributed by atoms with Crippen molar-refractivity contribution in [2.75, 3.05) is 39.8 Å². The molecule has 1 aromatic heterocycles. The summed E-state index contributed by atoms with van der Waals surface area (Å²) in [5.74, 6) is 1.92. The maximum atomic E-state index is 5.22. The molecular weight excluding hydrogens is 290 g/mol. The standard InChI is InChI=1S/C17H31N5O/c1-6-21(7-2)15-9-11-22(12-15)17(18-5)19-10-8-16-13(3)20-23-14(16)4/h15H,6-12H2,1-5H3,(H,18,19). The van der Waals surface area contributed by atoms with Gasteiger partial charge in [0.25, 0.3) is 0 Å². The molecule has 0 amide bonds. The molecule has 2 rings (SSSR count). The Hall–Kier alpha value is -1.56. The highest BCUT2D eigenvalue weighted by Crippen LogP contribution is 2.16. The number of hydrogen-bond donors (Lipinski definition) is 1. The molecule has 1 saturated heterocycles. The van der Waals surface area contributed by atoms with Gasteiger partial charge in [0.15, 0.2) is 5.96 Å². The maximum absolute atomic E-state index is 5.22. The van der Waals surface area contributed by atoms with E-state index in [1.807, 2.05) is 20.9 Å². The molecule has 0 spiro atoms. The second-order valence-electron chi connectivity index (χ2n) is 6.14. The normalized spacial score (nSPS) is 19.0. The Morgan fingerprint density at radius 3 is 2.70 bits per heavy atom. The molecule has 23 heavy (non-hydrogen) atoms. The molecule has 6 nitrogen and oxygen atoms in total. The van der Waals surface area contributed by atoms with E-state index in [1.54, 1.807) is 0 Å². The summed E-state index contributed by atoms with van der Waals surface area (Å²) >= 11 is 0. The second-order valence-corrected chi connectivity index (χ2v) is 6.14. The number of likely N-dealkylation sites (tertiary alicyclic amines) is 1. The zero-order valence-electron chi connectivity index (χ0n) is 15.2. The fraction of sp³-hybridized carbons (Fsp3) is 0.765. The van der Waals surface area contributed by atoms with Crippen LogP contribution in [0.3, 0.4) is 0 Å². The number of likely N-dealkylation sites (N-methyl/N-ethyl adjacent to an activating group) is 1. The van der Waals surface area contributed by atoms with Gasteiger partial charge in [0.1, 0.15) is 5.76 Å². The number of nitrogens with one attached hydrogen (secondary N) is 1. The van der Waals surface area contributed by atoms with Crippen molar-refractivity contribution in [3.8, 4) is 0 Å². The Morgan fingerprint density at radius 1 is 1.39 bits per heavy atom. The van der Waals surface area contributed by atoms with Crippen molar-refractivity contribution in [3.63, 3.8) is 0 Å². The van der Waals surface area contributed by atoms with E-state index in [0.717, 1.165) is 56.6 Å². The monoisotopic (exact) mass is 321 g/mol. The van der Waals surface area contributed by atoms with E-state index in [1.165, 1.54) is 12.0 Å². The van der Waals surface area contributed by atoms with Crippen LogP contribution in [0.1, 0.15) is 37.3 Å². The predicted octanol–water partition coefficient (Wildman–Crippen LogP) is 1.83.